The Morgan fingerprint density at radius 3 is 2.24 bits per heavy atom. The zero-order valence-corrected chi connectivity index (χ0v) is 21.9. The molecule has 4 aromatic rings. The molecular formula is C28H25O7S2+. The van der Waals surface area contributed by atoms with E-state index in [9.17, 15) is 13.2 Å². The Hall–Kier alpha value is -2.98. The lowest BCUT2D eigenvalue weighted by molar-refractivity contribution is -0.157. The first-order valence-corrected chi connectivity index (χ1v) is 15.0. The predicted octanol–water partition coefficient (Wildman–Crippen LogP) is 4.91. The first-order valence-electron chi connectivity index (χ1n) is 12.3. The maximum Gasteiger partial charge on any atom is 0.344 e. The van der Waals surface area contributed by atoms with E-state index in [-0.39, 0.29) is 23.5 Å². The van der Waals surface area contributed by atoms with E-state index in [4.69, 9.17) is 18.4 Å². The van der Waals surface area contributed by atoms with Crippen molar-refractivity contribution in [2.24, 2.45) is 0 Å². The maximum absolute atomic E-state index is 12.7. The van der Waals surface area contributed by atoms with Gasteiger partial charge in [0.2, 0.25) is 0 Å². The molecule has 0 radical (unpaired) electrons. The van der Waals surface area contributed by atoms with Gasteiger partial charge in [-0.25, -0.2) is 4.79 Å². The number of carbonyl (C=O) groups excluding carboxylic acids is 1. The van der Waals surface area contributed by atoms with Gasteiger partial charge in [-0.1, -0.05) is 24.3 Å². The topological polar surface area (TPSA) is 88.1 Å². The van der Waals surface area contributed by atoms with Crippen LogP contribution in [0.2, 0.25) is 0 Å². The molecule has 4 heterocycles. The first kappa shape index (κ1) is 23.2. The van der Waals surface area contributed by atoms with Crippen molar-refractivity contribution in [2.75, 3.05) is 6.61 Å². The van der Waals surface area contributed by atoms with Gasteiger partial charge in [-0.05, 0) is 55.7 Å². The average molecular weight is 538 g/mol. The van der Waals surface area contributed by atoms with Crippen LogP contribution in [0.5, 0.6) is 5.75 Å². The van der Waals surface area contributed by atoms with Crippen LogP contribution in [-0.4, -0.2) is 50.7 Å². The summed E-state index contributed by atoms with van der Waals surface area (Å²) in [7, 11) is -3.88. The molecule has 7 rings (SSSR count). The summed E-state index contributed by atoms with van der Waals surface area (Å²) in [4.78, 5) is 13.9. The fourth-order valence-electron chi connectivity index (χ4n) is 6.05. The Morgan fingerprint density at radius 2 is 1.59 bits per heavy atom. The number of carbonyl (C=O) groups is 1. The number of hydrogen-bond acceptors (Lipinski definition) is 7. The second-order valence-corrected chi connectivity index (χ2v) is 13.6. The number of rotatable bonds is 5. The number of fused-ring (bicyclic) bond motifs is 4. The maximum atomic E-state index is 12.7. The smallest absolute Gasteiger partial charge is 0.344 e. The second kappa shape index (κ2) is 8.26. The van der Waals surface area contributed by atoms with Crippen LogP contribution in [0.25, 0.3) is 25.1 Å². The summed E-state index contributed by atoms with van der Waals surface area (Å²) in [5.41, 5.74) is 1.88. The highest BCUT2D eigenvalue weighted by atomic mass is 32.2. The quantitative estimate of drug-likeness (QED) is 0.203. The number of hydrogen-bond donors (Lipinski definition) is 0. The summed E-state index contributed by atoms with van der Waals surface area (Å²) in [5, 5.41) is 1.89. The zero-order valence-electron chi connectivity index (χ0n) is 20.2. The highest BCUT2D eigenvalue weighted by molar-refractivity contribution is 7.87. The summed E-state index contributed by atoms with van der Waals surface area (Å²) in [6.07, 6.45) is -2.23. The summed E-state index contributed by atoms with van der Waals surface area (Å²) in [5.74, 6) is 0.0722. The van der Waals surface area contributed by atoms with Crippen molar-refractivity contribution in [3.63, 3.8) is 0 Å². The molecule has 5 atom stereocenters. The predicted molar refractivity (Wildman–Crippen MR) is 141 cm³/mol. The molecule has 0 amide bonds. The summed E-state index contributed by atoms with van der Waals surface area (Å²) in [6, 6.07) is 21.3. The molecule has 0 saturated carbocycles. The van der Waals surface area contributed by atoms with Crippen LogP contribution >= 0.6 is 10.5 Å². The third-order valence-electron chi connectivity index (χ3n) is 7.57. The Morgan fingerprint density at radius 1 is 0.973 bits per heavy atom. The normalized spacial score (nSPS) is 27.2. The minimum absolute atomic E-state index is 0.218. The van der Waals surface area contributed by atoms with E-state index < -0.39 is 45.8 Å². The van der Waals surface area contributed by atoms with Crippen molar-refractivity contribution < 1.29 is 31.6 Å². The van der Waals surface area contributed by atoms with Crippen molar-refractivity contribution in [3.8, 4) is 10.6 Å². The number of benzene rings is 3. The summed E-state index contributed by atoms with van der Waals surface area (Å²) in [6.45, 7) is 3.68. The van der Waals surface area contributed by atoms with E-state index in [0.29, 0.717) is 5.75 Å². The molecule has 0 aliphatic carbocycles. The van der Waals surface area contributed by atoms with Crippen LogP contribution in [-0.2, 0) is 28.6 Å². The second-order valence-electron chi connectivity index (χ2n) is 9.89. The largest absolute Gasteiger partial charge is 0.481 e. The fraction of sp³-hybridized carbons (Fsp3) is 0.321. The van der Waals surface area contributed by atoms with Crippen molar-refractivity contribution in [2.45, 2.75) is 49.9 Å². The van der Waals surface area contributed by atoms with Gasteiger partial charge in [-0.15, -0.1) is 0 Å². The van der Waals surface area contributed by atoms with Gasteiger partial charge in [0.05, 0.1) is 6.10 Å². The third kappa shape index (κ3) is 3.52. The average Bonchev–Trinajstić information content (AvgIpc) is 3.57. The van der Waals surface area contributed by atoms with Gasteiger partial charge in [-0.2, -0.15) is 8.42 Å². The number of thiophene rings is 1. The fourth-order valence-corrected chi connectivity index (χ4v) is 10.3. The van der Waals surface area contributed by atoms with Crippen molar-refractivity contribution in [3.05, 3.63) is 71.8 Å². The molecule has 3 aliphatic heterocycles. The van der Waals surface area contributed by atoms with E-state index in [0.717, 1.165) is 11.1 Å². The Labute approximate surface area is 217 Å². The molecule has 7 nitrogen and oxygen atoms in total. The first-order chi connectivity index (χ1) is 17.8. The Bertz CT molecular complexity index is 1610. The number of aryl methyl sites for hydroxylation is 2. The van der Waals surface area contributed by atoms with Gasteiger partial charge >= 0.3 is 5.97 Å². The van der Waals surface area contributed by atoms with E-state index in [2.05, 4.69) is 60.7 Å². The third-order valence-corrected chi connectivity index (χ3v) is 11.6. The van der Waals surface area contributed by atoms with Crippen LogP contribution in [0.1, 0.15) is 17.5 Å². The van der Waals surface area contributed by atoms with Gasteiger partial charge < -0.3 is 14.2 Å². The van der Waals surface area contributed by atoms with E-state index in [1.165, 1.54) is 25.1 Å². The molecular weight excluding hydrogens is 512 g/mol. The molecule has 190 valence electrons. The minimum Gasteiger partial charge on any atom is -0.481 e. The summed E-state index contributed by atoms with van der Waals surface area (Å²) >= 11 is 0. The lowest BCUT2D eigenvalue weighted by Crippen LogP contribution is -2.42. The molecule has 3 fully saturated rings. The Balaban J connectivity index is 1.12. The molecule has 0 spiro atoms. The van der Waals surface area contributed by atoms with Crippen molar-refractivity contribution in [1.29, 1.82) is 0 Å². The molecule has 3 aliphatic rings. The molecule has 2 bridgehead atoms. The van der Waals surface area contributed by atoms with Gasteiger partial charge in [-0.3, -0.25) is 4.18 Å². The SMILES string of the molecule is Cc1cc(-[s+]2c3ccccc3c3ccccc32)cc(C)c1OCC(=O)OC1C2CC3C(O2)C1OS3(=O)=O. The molecule has 3 saturated heterocycles. The molecule has 5 unspecified atom stereocenters. The lowest BCUT2D eigenvalue weighted by Gasteiger charge is -2.22. The van der Waals surface area contributed by atoms with Crippen molar-refractivity contribution >= 4 is 46.7 Å². The van der Waals surface area contributed by atoms with Gasteiger partial charge in [0.25, 0.3) is 10.1 Å². The molecule has 1 aromatic heterocycles. The number of ether oxygens (including phenoxy) is 3. The van der Waals surface area contributed by atoms with Crippen LogP contribution in [0.4, 0.5) is 0 Å². The summed E-state index contributed by atoms with van der Waals surface area (Å²) < 4.78 is 49.2. The van der Waals surface area contributed by atoms with Crippen LogP contribution in [0.15, 0.2) is 60.7 Å². The van der Waals surface area contributed by atoms with Crippen LogP contribution in [0.3, 0.4) is 0 Å². The molecule has 0 N–H and O–H groups in total. The van der Waals surface area contributed by atoms with E-state index >= 15 is 0 Å². The van der Waals surface area contributed by atoms with Crippen LogP contribution < -0.4 is 4.74 Å². The van der Waals surface area contributed by atoms with Gasteiger partial charge in [0.15, 0.2) is 27.0 Å². The Kier molecular flexibility index (Phi) is 5.17. The minimum atomic E-state index is -3.66. The van der Waals surface area contributed by atoms with Crippen LogP contribution in [0, 0.1) is 13.8 Å². The van der Waals surface area contributed by atoms with E-state index in [1.807, 2.05) is 13.8 Å². The highest BCUT2D eigenvalue weighted by Crippen LogP contribution is 2.50. The standard InChI is InChI=1S/C28H25O7S2/c1-15-11-17(36-21-9-5-3-7-18(21)19-8-4-6-10-22(19)36)12-16(2)25(15)32-14-24(29)34-26-20-13-23-27(33-20)28(26)35-37(23,30)31/h3-12,20,23,26-28H,13-14H2,1-2H3/q+1. The molecule has 9 heteroatoms. The van der Waals surface area contributed by atoms with Gasteiger partial charge in [0.1, 0.15) is 23.2 Å². The van der Waals surface area contributed by atoms with Crippen molar-refractivity contribution in [1.82, 2.24) is 0 Å². The van der Waals surface area contributed by atoms with E-state index in [1.54, 1.807) is 0 Å². The lowest BCUT2D eigenvalue weighted by atomic mass is 9.94. The monoisotopic (exact) mass is 537 g/mol. The highest BCUT2D eigenvalue weighted by Gasteiger charge is 2.67. The molecule has 3 aromatic carbocycles. The van der Waals surface area contributed by atoms with Gasteiger partial charge in [0, 0.05) is 33.4 Å². The zero-order chi connectivity index (χ0) is 25.5. The molecule has 37 heavy (non-hydrogen) atoms. The number of esters is 1.